The van der Waals surface area contributed by atoms with E-state index in [0.717, 1.165) is 16.8 Å². The first kappa shape index (κ1) is 27.8. The van der Waals surface area contributed by atoms with Crippen molar-refractivity contribution in [2.75, 3.05) is 33.8 Å². The molecule has 0 bridgehead atoms. The maximum absolute atomic E-state index is 14.0. The van der Waals surface area contributed by atoms with Crippen LogP contribution in [0.5, 0.6) is 23.0 Å². The van der Waals surface area contributed by atoms with Gasteiger partial charge in [-0.2, -0.15) is 0 Å². The van der Waals surface area contributed by atoms with Crippen LogP contribution in [0.3, 0.4) is 0 Å². The Morgan fingerprint density at radius 3 is 2.22 bits per heavy atom. The third-order valence-corrected chi connectivity index (χ3v) is 7.73. The van der Waals surface area contributed by atoms with Crippen molar-refractivity contribution in [3.05, 3.63) is 100 Å². The van der Waals surface area contributed by atoms with Crippen LogP contribution in [0.15, 0.2) is 89.3 Å². The van der Waals surface area contributed by atoms with Crippen molar-refractivity contribution in [2.24, 2.45) is 0 Å². The van der Waals surface area contributed by atoms with Gasteiger partial charge >= 0.3 is 0 Å². The standard InChI is InChI=1S/C33H34N2O6/c1-19-30(33(37)35-23-10-12-24(38-2)13-11-23)31(21-7-6-8-25(15-21)39-3)32-26(34-19)16-22(17-27(32)36)20-9-14-28(40-4)29(18-20)41-5/h6-15,18,22,31,34H,16-17H2,1-5H3,(H,35,37)/t22-,31-/m0/s1. The smallest absolute Gasteiger partial charge is 0.254 e. The van der Waals surface area contributed by atoms with Gasteiger partial charge in [-0.15, -0.1) is 0 Å². The lowest BCUT2D eigenvalue weighted by Gasteiger charge is -2.37. The Labute approximate surface area is 240 Å². The summed E-state index contributed by atoms with van der Waals surface area (Å²) in [7, 11) is 6.39. The zero-order valence-corrected chi connectivity index (χ0v) is 23.9. The van der Waals surface area contributed by atoms with E-state index >= 15 is 0 Å². The molecule has 2 atom stereocenters. The van der Waals surface area contributed by atoms with Gasteiger partial charge in [-0.3, -0.25) is 9.59 Å². The minimum Gasteiger partial charge on any atom is -0.497 e. The Morgan fingerprint density at radius 1 is 0.805 bits per heavy atom. The van der Waals surface area contributed by atoms with Gasteiger partial charge in [0.2, 0.25) is 0 Å². The SMILES string of the molecule is COc1ccc(NC(=O)C2=C(C)NC3=C(C(=O)C[C@@H](c4ccc(OC)c(OC)c4)C3)[C@H]2c2cccc(OC)c2)cc1. The molecule has 3 aromatic carbocycles. The van der Waals surface area contributed by atoms with Crippen LogP contribution in [0.4, 0.5) is 5.69 Å². The Hall–Kier alpha value is -4.72. The minimum absolute atomic E-state index is 0.00592. The van der Waals surface area contributed by atoms with Gasteiger partial charge in [0, 0.05) is 40.6 Å². The number of ketones is 1. The molecule has 0 saturated heterocycles. The summed E-state index contributed by atoms with van der Waals surface area (Å²) in [6, 6.07) is 20.5. The van der Waals surface area contributed by atoms with Gasteiger partial charge < -0.3 is 29.6 Å². The van der Waals surface area contributed by atoms with Crippen molar-refractivity contribution in [1.82, 2.24) is 5.32 Å². The Morgan fingerprint density at radius 2 is 1.54 bits per heavy atom. The molecule has 5 rings (SSSR count). The van der Waals surface area contributed by atoms with E-state index in [0.29, 0.717) is 58.4 Å². The van der Waals surface area contributed by atoms with Crippen molar-refractivity contribution in [2.45, 2.75) is 31.6 Å². The molecule has 0 unspecified atom stereocenters. The quantitative estimate of drug-likeness (QED) is 0.368. The summed E-state index contributed by atoms with van der Waals surface area (Å²) in [6.07, 6.45) is 0.921. The summed E-state index contributed by atoms with van der Waals surface area (Å²) in [5, 5.41) is 6.44. The van der Waals surface area contributed by atoms with Crippen LogP contribution in [-0.2, 0) is 9.59 Å². The second-order valence-electron chi connectivity index (χ2n) is 10.1. The van der Waals surface area contributed by atoms with Crippen molar-refractivity contribution in [3.63, 3.8) is 0 Å². The first-order chi connectivity index (χ1) is 19.9. The predicted molar refractivity (Wildman–Crippen MR) is 157 cm³/mol. The Kier molecular flexibility index (Phi) is 8.01. The van der Waals surface area contributed by atoms with Crippen molar-refractivity contribution in [3.8, 4) is 23.0 Å². The number of dihydropyridines is 1. The van der Waals surface area contributed by atoms with Gasteiger partial charge in [0.15, 0.2) is 17.3 Å². The number of benzene rings is 3. The van der Waals surface area contributed by atoms with Crippen LogP contribution in [0.2, 0.25) is 0 Å². The van der Waals surface area contributed by atoms with Crippen molar-refractivity contribution < 1.29 is 28.5 Å². The highest BCUT2D eigenvalue weighted by Crippen LogP contribution is 2.47. The van der Waals surface area contributed by atoms with E-state index < -0.39 is 5.92 Å². The number of rotatable bonds is 8. The first-order valence-electron chi connectivity index (χ1n) is 13.4. The second kappa shape index (κ2) is 11.8. The average Bonchev–Trinajstić information content (AvgIpc) is 3.00. The summed E-state index contributed by atoms with van der Waals surface area (Å²) < 4.78 is 21.6. The van der Waals surface area contributed by atoms with Gasteiger partial charge in [-0.25, -0.2) is 0 Å². The molecule has 0 fully saturated rings. The van der Waals surface area contributed by atoms with Crippen molar-refractivity contribution in [1.29, 1.82) is 0 Å². The molecule has 0 saturated carbocycles. The number of hydrogen-bond acceptors (Lipinski definition) is 7. The lowest BCUT2D eigenvalue weighted by atomic mass is 9.71. The number of carbonyl (C=O) groups is 2. The maximum Gasteiger partial charge on any atom is 0.254 e. The number of hydrogen-bond donors (Lipinski definition) is 2. The monoisotopic (exact) mass is 554 g/mol. The zero-order valence-electron chi connectivity index (χ0n) is 23.9. The molecular weight excluding hydrogens is 520 g/mol. The number of allylic oxidation sites excluding steroid dienone is 3. The molecular formula is C33H34N2O6. The van der Waals surface area contributed by atoms with Crippen LogP contribution >= 0.6 is 0 Å². The summed E-state index contributed by atoms with van der Waals surface area (Å²) in [4.78, 5) is 27.8. The molecule has 212 valence electrons. The molecule has 2 aliphatic rings. The van der Waals surface area contributed by atoms with E-state index in [-0.39, 0.29) is 17.6 Å². The van der Waals surface area contributed by atoms with Crippen molar-refractivity contribution >= 4 is 17.4 Å². The second-order valence-corrected chi connectivity index (χ2v) is 10.1. The molecule has 0 spiro atoms. The number of methoxy groups -OCH3 is 4. The van der Waals surface area contributed by atoms with E-state index in [1.54, 1.807) is 52.7 Å². The average molecular weight is 555 g/mol. The number of amides is 1. The first-order valence-corrected chi connectivity index (χ1v) is 13.4. The summed E-state index contributed by atoms with van der Waals surface area (Å²) in [5.41, 5.74) is 5.06. The fourth-order valence-electron chi connectivity index (χ4n) is 5.71. The molecule has 0 aromatic heterocycles. The summed E-state index contributed by atoms with van der Waals surface area (Å²) in [6.45, 7) is 1.88. The van der Waals surface area contributed by atoms with E-state index in [1.807, 2.05) is 49.4 Å². The van der Waals surface area contributed by atoms with Crippen LogP contribution in [0.25, 0.3) is 0 Å². The molecule has 1 heterocycles. The van der Waals surface area contributed by atoms with E-state index in [2.05, 4.69) is 10.6 Å². The topological polar surface area (TPSA) is 95.1 Å². The normalized spacial score (nSPS) is 18.3. The van der Waals surface area contributed by atoms with Crippen LogP contribution in [0, 0.1) is 0 Å². The third kappa shape index (κ3) is 5.50. The highest BCUT2D eigenvalue weighted by Gasteiger charge is 2.41. The highest BCUT2D eigenvalue weighted by molar-refractivity contribution is 6.10. The Bertz CT molecular complexity index is 1540. The van der Waals surface area contributed by atoms with Gasteiger partial charge in [0.25, 0.3) is 5.91 Å². The zero-order chi connectivity index (χ0) is 29.1. The third-order valence-electron chi connectivity index (χ3n) is 7.73. The van der Waals surface area contributed by atoms with E-state index in [1.165, 1.54) is 0 Å². The lowest BCUT2D eigenvalue weighted by molar-refractivity contribution is -0.116. The summed E-state index contributed by atoms with van der Waals surface area (Å²) >= 11 is 0. The van der Waals surface area contributed by atoms with Gasteiger partial charge in [0.1, 0.15) is 11.5 Å². The van der Waals surface area contributed by atoms with Crippen LogP contribution in [0.1, 0.15) is 42.7 Å². The highest BCUT2D eigenvalue weighted by atomic mass is 16.5. The molecule has 1 aliphatic carbocycles. The lowest BCUT2D eigenvalue weighted by Crippen LogP contribution is -2.37. The fourth-order valence-corrected chi connectivity index (χ4v) is 5.71. The fraction of sp³-hybridized carbons (Fsp3) is 0.273. The predicted octanol–water partition coefficient (Wildman–Crippen LogP) is 5.72. The van der Waals surface area contributed by atoms with E-state index in [4.69, 9.17) is 18.9 Å². The van der Waals surface area contributed by atoms with E-state index in [9.17, 15) is 9.59 Å². The molecule has 1 amide bonds. The number of ether oxygens (including phenoxy) is 4. The van der Waals surface area contributed by atoms with Crippen LogP contribution in [-0.4, -0.2) is 40.1 Å². The van der Waals surface area contributed by atoms with Gasteiger partial charge in [0.05, 0.1) is 28.4 Å². The minimum atomic E-state index is -0.557. The molecule has 8 nitrogen and oxygen atoms in total. The van der Waals surface area contributed by atoms with Crippen LogP contribution < -0.4 is 29.6 Å². The van der Waals surface area contributed by atoms with Gasteiger partial charge in [-0.05, 0) is 78.9 Å². The molecule has 2 N–H and O–H groups in total. The Balaban J connectivity index is 1.54. The molecule has 41 heavy (non-hydrogen) atoms. The number of nitrogens with one attached hydrogen (secondary N) is 2. The largest absolute Gasteiger partial charge is 0.497 e. The number of anilines is 1. The van der Waals surface area contributed by atoms with Gasteiger partial charge in [-0.1, -0.05) is 18.2 Å². The summed E-state index contributed by atoms with van der Waals surface area (Å²) in [5.74, 6) is 1.71. The number of Topliss-reactive ketones (excluding diaryl/α,β-unsaturated/α-hetero) is 1. The molecule has 3 aromatic rings. The maximum atomic E-state index is 14.0. The molecule has 8 heteroatoms. The molecule has 0 radical (unpaired) electrons. The molecule has 1 aliphatic heterocycles. The number of carbonyl (C=O) groups excluding carboxylic acids is 2.